The molecule has 5 N–H and O–H groups in total. The highest BCUT2D eigenvalue weighted by molar-refractivity contribution is 6.29. The lowest BCUT2D eigenvalue weighted by atomic mass is 9.63. The van der Waals surface area contributed by atoms with Gasteiger partial charge in [0.05, 0.1) is 12.0 Å². The van der Waals surface area contributed by atoms with E-state index in [1.807, 2.05) is 30.5 Å². The number of hydrogen-bond acceptors (Lipinski definition) is 7. The van der Waals surface area contributed by atoms with E-state index in [9.17, 15) is 4.79 Å². The van der Waals surface area contributed by atoms with Crippen LogP contribution in [0.1, 0.15) is 40.9 Å². The third kappa shape index (κ3) is 3.71. The molecular formula is C20H20ClN7O. The monoisotopic (exact) mass is 409 g/mol. The van der Waals surface area contributed by atoms with Gasteiger partial charge in [0.1, 0.15) is 5.84 Å². The zero-order valence-corrected chi connectivity index (χ0v) is 16.3. The fraction of sp³-hybridized carbons (Fsp3) is 0.250. The molecule has 2 aromatic rings. The van der Waals surface area contributed by atoms with E-state index in [0.29, 0.717) is 12.5 Å². The molecule has 2 aliphatic rings. The van der Waals surface area contributed by atoms with Gasteiger partial charge in [-0.05, 0) is 41.7 Å². The number of aromatic nitrogens is 2. The van der Waals surface area contributed by atoms with Gasteiger partial charge in [-0.2, -0.15) is 0 Å². The molecule has 0 radical (unpaired) electrons. The van der Waals surface area contributed by atoms with E-state index >= 15 is 0 Å². The van der Waals surface area contributed by atoms with E-state index in [2.05, 4.69) is 25.8 Å². The summed E-state index contributed by atoms with van der Waals surface area (Å²) in [6.07, 6.45) is 4.47. The summed E-state index contributed by atoms with van der Waals surface area (Å²) >= 11 is 5.71. The molecule has 1 aliphatic carbocycles. The summed E-state index contributed by atoms with van der Waals surface area (Å²) in [7, 11) is 0. The second-order valence-corrected chi connectivity index (χ2v) is 7.49. The van der Waals surface area contributed by atoms with Crippen molar-refractivity contribution in [2.45, 2.75) is 24.7 Å². The number of aliphatic imine (C=N–C) groups is 1. The number of nitrogens with two attached hydrogens (primary N) is 1. The number of benzene rings is 1. The fourth-order valence-corrected chi connectivity index (χ4v) is 3.65. The second kappa shape index (κ2) is 7.63. The molecule has 1 aromatic carbocycles. The highest BCUT2D eigenvalue weighted by Crippen LogP contribution is 2.44. The summed E-state index contributed by atoms with van der Waals surface area (Å²) in [5.74, 6) is 0.124. The first-order chi connectivity index (χ1) is 14.0. The van der Waals surface area contributed by atoms with Crippen molar-refractivity contribution >= 4 is 34.9 Å². The number of carbonyl (C=O) groups excluding carboxylic acids is 1. The van der Waals surface area contributed by atoms with Gasteiger partial charge < -0.3 is 16.4 Å². The van der Waals surface area contributed by atoms with Crippen LogP contribution in [0.2, 0.25) is 5.15 Å². The SMILES string of the molecule is N=C(NC(=O)c1ccc(Cl)nn1)C1(c2ccc(C3=CNC(N)=NC3)cc2)CCC1. The minimum Gasteiger partial charge on any atom is -0.370 e. The van der Waals surface area contributed by atoms with Gasteiger partial charge in [-0.15, -0.1) is 10.2 Å². The van der Waals surface area contributed by atoms with E-state index in [0.717, 1.165) is 36.0 Å². The molecule has 4 rings (SSSR count). The Balaban J connectivity index is 1.50. The lowest BCUT2D eigenvalue weighted by Gasteiger charge is -2.42. The average Bonchev–Trinajstić information content (AvgIpc) is 2.69. The summed E-state index contributed by atoms with van der Waals surface area (Å²) in [6, 6.07) is 11.0. The molecule has 29 heavy (non-hydrogen) atoms. The van der Waals surface area contributed by atoms with Gasteiger partial charge in [-0.3, -0.25) is 10.2 Å². The molecular weight excluding hydrogens is 390 g/mol. The van der Waals surface area contributed by atoms with Gasteiger partial charge in [-0.1, -0.05) is 42.3 Å². The van der Waals surface area contributed by atoms with Crippen LogP contribution in [0.4, 0.5) is 0 Å². The van der Waals surface area contributed by atoms with Crippen LogP contribution >= 0.6 is 11.6 Å². The number of rotatable bonds is 4. The minimum atomic E-state index is -0.490. The highest BCUT2D eigenvalue weighted by atomic mass is 35.5. The van der Waals surface area contributed by atoms with Crippen LogP contribution in [0.25, 0.3) is 5.57 Å². The normalized spacial score (nSPS) is 17.3. The zero-order chi connectivity index (χ0) is 20.4. The van der Waals surface area contributed by atoms with Gasteiger partial charge in [0.25, 0.3) is 5.91 Å². The lowest BCUT2D eigenvalue weighted by Crippen LogP contribution is -2.50. The highest BCUT2D eigenvalue weighted by Gasteiger charge is 2.43. The van der Waals surface area contributed by atoms with Crippen LogP contribution in [0.3, 0.4) is 0 Å². The zero-order valence-electron chi connectivity index (χ0n) is 15.6. The van der Waals surface area contributed by atoms with E-state index in [-0.39, 0.29) is 16.7 Å². The van der Waals surface area contributed by atoms with Gasteiger partial charge in [0.2, 0.25) is 0 Å². The Hall–Kier alpha value is -3.26. The molecule has 0 spiro atoms. The largest absolute Gasteiger partial charge is 0.370 e. The predicted octanol–water partition coefficient (Wildman–Crippen LogP) is 2.22. The first kappa shape index (κ1) is 19.1. The Kier molecular flexibility index (Phi) is 5.02. The number of carbonyl (C=O) groups is 1. The van der Waals surface area contributed by atoms with Crippen molar-refractivity contribution < 1.29 is 4.79 Å². The summed E-state index contributed by atoms with van der Waals surface area (Å²) in [6.45, 7) is 0.525. The molecule has 1 fully saturated rings. The molecule has 9 heteroatoms. The Labute approximate surface area is 172 Å². The van der Waals surface area contributed by atoms with Crippen molar-refractivity contribution in [3.05, 3.63) is 64.6 Å². The number of amides is 1. The van der Waals surface area contributed by atoms with Crippen molar-refractivity contribution in [1.82, 2.24) is 20.8 Å². The number of nitrogens with zero attached hydrogens (tertiary/aromatic N) is 3. The summed E-state index contributed by atoms with van der Waals surface area (Å²) in [5.41, 5.74) is 8.35. The maximum atomic E-state index is 12.4. The molecule has 1 amide bonds. The standard InChI is InChI=1S/C20H20ClN7O/c21-16-7-6-15(27-28-16)17(29)26-18(22)20(8-1-9-20)14-4-2-12(3-5-14)13-10-24-19(23)25-11-13/h2-7,10H,1,8-9,11H2,(H2,22,26,29)(H3,23,24,25). The van der Waals surface area contributed by atoms with E-state index in [4.69, 9.17) is 22.7 Å². The Morgan fingerprint density at radius 3 is 2.48 bits per heavy atom. The third-order valence-electron chi connectivity index (χ3n) is 5.41. The first-order valence-electron chi connectivity index (χ1n) is 9.24. The maximum absolute atomic E-state index is 12.4. The van der Waals surface area contributed by atoms with Crippen LogP contribution in [0.5, 0.6) is 0 Å². The van der Waals surface area contributed by atoms with E-state index in [1.54, 1.807) is 0 Å². The van der Waals surface area contributed by atoms with Gasteiger partial charge in [-0.25, -0.2) is 4.99 Å². The summed E-state index contributed by atoms with van der Waals surface area (Å²) < 4.78 is 0. The number of amidine groups is 1. The minimum absolute atomic E-state index is 0.125. The fourth-order valence-electron chi connectivity index (χ4n) is 3.55. The van der Waals surface area contributed by atoms with Crippen molar-refractivity contribution in [2.75, 3.05) is 6.54 Å². The maximum Gasteiger partial charge on any atom is 0.277 e. The van der Waals surface area contributed by atoms with Gasteiger partial charge in [0, 0.05) is 6.20 Å². The van der Waals surface area contributed by atoms with Crippen LogP contribution in [-0.4, -0.2) is 34.4 Å². The van der Waals surface area contributed by atoms with Crippen molar-refractivity contribution in [3.63, 3.8) is 0 Å². The molecule has 148 valence electrons. The van der Waals surface area contributed by atoms with Gasteiger partial charge in [0.15, 0.2) is 16.8 Å². The second-order valence-electron chi connectivity index (χ2n) is 7.10. The van der Waals surface area contributed by atoms with Gasteiger partial charge >= 0.3 is 0 Å². The predicted molar refractivity (Wildman–Crippen MR) is 112 cm³/mol. The number of guanidine groups is 1. The number of hydrogen-bond donors (Lipinski definition) is 4. The molecule has 1 aliphatic heterocycles. The molecule has 1 aromatic heterocycles. The molecule has 0 bridgehead atoms. The smallest absolute Gasteiger partial charge is 0.277 e. The van der Waals surface area contributed by atoms with Crippen LogP contribution in [0.15, 0.2) is 47.6 Å². The Morgan fingerprint density at radius 2 is 1.93 bits per heavy atom. The van der Waals surface area contributed by atoms with E-state index < -0.39 is 11.3 Å². The quantitative estimate of drug-likeness (QED) is 0.454. The van der Waals surface area contributed by atoms with Crippen LogP contribution < -0.4 is 16.4 Å². The van der Waals surface area contributed by atoms with Crippen LogP contribution in [0, 0.1) is 5.41 Å². The number of halogens is 1. The molecule has 0 saturated heterocycles. The Bertz CT molecular complexity index is 1010. The summed E-state index contributed by atoms with van der Waals surface area (Å²) in [4.78, 5) is 16.6. The Morgan fingerprint density at radius 1 is 1.17 bits per heavy atom. The molecule has 8 nitrogen and oxygen atoms in total. The molecule has 0 atom stereocenters. The third-order valence-corrected chi connectivity index (χ3v) is 5.61. The lowest BCUT2D eigenvalue weighted by molar-refractivity contribution is 0.0966. The topological polar surface area (TPSA) is 129 Å². The van der Waals surface area contributed by atoms with Crippen molar-refractivity contribution in [1.29, 1.82) is 5.41 Å². The molecule has 1 saturated carbocycles. The van der Waals surface area contributed by atoms with Crippen molar-refractivity contribution in [2.24, 2.45) is 10.7 Å². The molecule has 2 heterocycles. The van der Waals surface area contributed by atoms with Crippen molar-refractivity contribution in [3.8, 4) is 0 Å². The molecule has 0 unspecified atom stereocenters. The first-order valence-corrected chi connectivity index (χ1v) is 9.62. The average molecular weight is 410 g/mol. The summed E-state index contributed by atoms with van der Waals surface area (Å²) in [5, 5.41) is 21.8. The van der Waals surface area contributed by atoms with Crippen LogP contribution in [-0.2, 0) is 5.41 Å². The van der Waals surface area contributed by atoms with E-state index in [1.165, 1.54) is 12.1 Å². The number of nitrogens with one attached hydrogen (secondary N) is 3.